The third kappa shape index (κ3) is 2.93. The van der Waals surface area contributed by atoms with Gasteiger partial charge in [0, 0.05) is 18.7 Å². The summed E-state index contributed by atoms with van der Waals surface area (Å²) in [6.07, 6.45) is 0. The Morgan fingerprint density at radius 2 is 1.94 bits per heavy atom. The number of aromatic nitrogens is 2. The highest BCUT2D eigenvalue weighted by molar-refractivity contribution is 6.33. The van der Waals surface area contributed by atoms with Gasteiger partial charge in [-0.3, -0.25) is 0 Å². The van der Waals surface area contributed by atoms with Gasteiger partial charge in [-0.1, -0.05) is 41.9 Å². The Labute approximate surface area is 105 Å². The summed E-state index contributed by atoms with van der Waals surface area (Å²) in [6.45, 7) is 1.15. The molecule has 88 valence electrons. The number of nitrogens with zero attached hydrogens (tertiary/aromatic N) is 2. The number of hydrogen-bond donors (Lipinski definition) is 2. The molecule has 1 heterocycles. The van der Waals surface area contributed by atoms with Gasteiger partial charge < -0.3 is 11.1 Å². The zero-order chi connectivity index (χ0) is 12.1. The van der Waals surface area contributed by atoms with Crippen LogP contribution in [0.5, 0.6) is 0 Å². The van der Waals surface area contributed by atoms with Gasteiger partial charge in [0.25, 0.3) is 0 Å². The van der Waals surface area contributed by atoms with Crippen LogP contribution in [0.25, 0.3) is 11.3 Å². The lowest BCUT2D eigenvalue weighted by molar-refractivity contribution is 0.974. The van der Waals surface area contributed by atoms with Crippen LogP contribution in [0.4, 0.5) is 5.82 Å². The molecule has 0 saturated carbocycles. The number of benzene rings is 1. The van der Waals surface area contributed by atoms with Gasteiger partial charge in [0.15, 0.2) is 5.82 Å². The van der Waals surface area contributed by atoms with Crippen LogP contribution >= 0.6 is 11.6 Å². The van der Waals surface area contributed by atoms with Gasteiger partial charge in [0.2, 0.25) is 0 Å². The van der Waals surface area contributed by atoms with E-state index >= 15 is 0 Å². The molecule has 0 amide bonds. The summed E-state index contributed by atoms with van der Waals surface area (Å²) in [5.41, 5.74) is 7.14. The van der Waals surface area contributed by atoms with Crippen molar-refractivity contribution in [1.29, 1.82) is 0 Å². The van der Waals surface area contributed by atoms with Gasteiger partial charge in [-0.25, -0.2) is 0 Å². The van der Waals surface area contributed by atoms with Crippen molar-refractivity contribution >= 4 is 17.4 Å². The van der Waals surface area contributed by atoms with Crippen LogP contribution < -0.4 is 11.1 Å². The summed E-state index contributed by atoms with van der Waals surface area (Å²) < 4.78 is 0. The minimum Gasteiger partial charge on any atom is -0.366 e. The third-order valence-corrected chi connectivity index (χ3v) is 2.54. The molecule has 3 N–H and O–H groups in total. The van der Waals surface area contributed by atoms with Crippen molar-refractivity contribution < 1.29 is 0 Å². The number of rotatable bonds is 4. The maximum absolute atomic E-state index is 6.11. The molecule has 0 atom stereocenters. The lowest BCUT2D eigenvalue weighted by atomic mass is 10.1. The molecule has 4 nitrogen and oxygen atoms in total. The van der Waals surface area contributed by atoms with Crippen LogP contribution in [-0.2, 0) is 0 Å². The van der Waals surface area contributed by atoms with E-state index in [0.29, 0.717) is 23.9 Å². The molecule has 0 aliphatic carbocycles. The summed E-state index contributed by atoms with van der Waals surface area (Å²) in [5, 5.41) is 11.7. The molecule has 0 bridgehead atoms. The third-order valence-electron chi connectivity index (χ3n) is 2.25. The van der Waals surface area contributed by atoms with E-state index in [0.717, 1.165) is 11.3 Å². The molecule has 0 aliphatic rings. The van der Waals surface area contributed by atoms with Gasteiger partial charge in [0.1, 0.15) is 0 Å². The summed E-state index contributed by atoms with van der Waals surface area (Å²) in [5.74, 6) is 0.566. The standard InChI is InChI=1S/C12H13ClN4/c13-10-8-11(9-4-2-1-3-5-9)16-17-12(10)15-7-6-14/h1-5,8H,6-7,14H2,(H,15,17). The fourth-order valence-electron chi connectivity index (χ4n) is 1.43. The van der Waals surface area contributed by atoms with E-state index in [4.69, 9.17) is 17.3 Å². The molecule has 1 aromatic heterocycles. The normalized spacial score (nSPS) is 10.2. The number of anilines is 1. The van der Waals surface area contributed by atoms with Crippen molar-refractivity contribution in [3.8, 4) is 11.3 Å². The number of hydrogen-bond acceptors (Lipinski definition) is 4. The van der Waals surface area contributed by atoms with Crippen molar-refractivity contribution in [2.24, 2.45) is 5.73 Å². The first-order chi connectivity index (χ1) is 8.31. The molecule has 17 heavy (non-hydrogen) atoms. The van der Waals surface area contributed by atoms with E-state index in [1.54, 1.807) is 6.07 Å². The fraction of sp³-hybridized carbons (Fsp3) is 0.167. The highest BCUT2D eigenvalue weighted by atomic mass is 35.5. The Balaban J connectivity index is 2.25. The first-order valence-corrected chi connectivity index (χ1v) is 5.71. The molecule has 1 aromatic carbocycles. The zero-order valence-electron chi connectivity index (χ0n) is 9.23. The van der Waals surface area contributed by atoms with E-state index < -0.39 is 0 Å². The molecule has 5 heteroatoms. The molecule has 0 spiro atoms. The lowest BCUT2D eigenvalue weighted by Crippen LogP contribution is -2.14. The molecule has 0 aliphatic heterocycles. The quantitative estimate of drug-likeness (QED) is 0.871. The molecule has 0 fully saturated rings. The van der Waals surface area contributed by atoms with E-state index in [9.17, 15) is 0 Å². The van der Waals surface area contributed by atoms with Crippen molar-refractivity contribution in [3.05, 3.63) is 41.4 Å². The van der Waals surface area contributed by atoms with Crippen LogP contribution in [-0.4, -0.2) is 23.3 Å². The second-order valence-electron chi connectivity index (χ2n) is 3.51. The Hall–Kier alpha value is -1.65. The predicted octanol–water partition coefficient (Wildman–Crippen LogP) is 2.17. The monoisotopic (exact) mass is 248 g/mol. The van der Waals surface area contributed by atoms with Crippen LogP contribution in [0.1, 0.15) is 0 Å². The summed E-state index contributed by atoms with van der Waals surface area (Å²) in [6, 6.07) is 11.6. The Kier molecular flexibility index (Phi) is 3.90. The summed E-state index contributed by atoms with van der Waals surface area (Å²) in [7, 11) is 0. The first kappa shape index (κ1) is 11.8. The number of halogens is 1. The Morgan fingerprint density at radius 1 is 1.18 bits per heavy atom. The van der Waals surface area contributed by atoms with Gasteiger partial charge in [-0.2, -0.15) is 0 Å². The van der Waals surface area contributed by atoms with Crippen molar-refractivity contribution in [2.75, 3.05) is 18.4 Å². The SMILES string of the molecule is NCCNc1nnc(-c2ccccc2)cc1Cl. The fourth-order valence-corrected chi connectivity index (χ4v) is 1.64. The van der Waals surface area contributed by atoms with Crippen LogP contribution in [0.2, 0.25) is 5.02 Å². The molecule has 0 unspecified atom stereocenters. The molecule has 0 radical (unpaired) electrons. The maximum atomic E-state index is 6.11. The summed E-state index contributed by atoms with van der Waals surface area (Å²) in [4.78, 5) is 0. The second kappa shape index (κ2) is 5.61. The second-order valence-corrected chi connectivity index (χ2v) is 3.91. The average Bonchev–Trinajstić information content (AvgIpc) is 2.38. The van der Waals surface area contributed by atoms with Crippen molar-refractivity contribution in [2.45, 2.75) is 0 Å². The van der Waals surface area contributed by atoms with Crippen molar-refractivity contribution in [1.82, 2.24) is 10.2 Å². The molecular weight excluding hydrogens is 236 g/mol. The molecule has 0 saturated heterocycles. The van der Waals surface area contributed by atoms with Gasteiger partial charge in [-0.15, -0.1) is 10.2 Å². The average molecular weight is 249 g/mol. The lowest BCUT2D eigenvalue weighted by Gasteiger charge is -2.06. The molecule has 2 aromatic rings. The highest BCUT2D eigenvalue weighted by Gasteiger charge is 2.05. The topological polar surface area (TPSA) is 63.8 Å². The highest BCUT2D eigenvalue weighted by Crippen LogP contribution is 2.23. The van der Waals surface area contributed by atoms with Crippen molar-refractivity contribution in [3.63, 3.8) is 0 Å². The van der Waals surface area contributed by atoms with E-state index in [2.05, 4.69) is 15.5 Å². The minimum absolute atomic E-state index is 0.526. The van der Waals surface area contributed by atoms with Crippen LogP contribution in [0.3, 0.4) is 0 Å². The molecule has 2 rings (SSSR count). The van der Waals surface area contributed by atoms with Crippen LogP contribution in [0.15, 0.2) is 36.4 Å². The van der Waals surface area contributed by atoms with E-state index in [-0.39, 0.29) is 0 Å². The first-order valence-electron chi connectivity index (χ1n) is 5.34. The van der Waals surface area contributed by atoms with E-state index in [1.165, 1.54) is 0 Å². The van der Waals surface area contributed by atoms with Gasteiger partial charge in [-0.05, 0) is 6.07 Å². The Morgan fingerprint density at radius 3 is 2.59 bits per heavy atom. The van der Waals surface area contributed by atoms with Gasteiger partial charge in [0.05, 0.1) is 10.7 Å². The molecular formula is C12H13ClN4. The largest absolute Gasteiger partial charge is 0.366 e. The van der Waals surface area contributed by atoms with E-state index in [1.807, 2.05) is 30.3 Å². The zero-order valence-corrected chi connectivity index (χ0v) is 9.98. The number of nitrogens with one attached hydrogen (secondary N) is 1. The Bertz CT molecular complexity index is 487. The summed E-state index contributed by atoms with van der Waals surface area (Å²) >= 11 is 6.11. The van der Waals surface area contributed by atoms with Crippen LogP contribution in [0, 0.1) is 0 Å². The predicted molar refractivity (Wildman–Crippen MR) is 70.0 cm³/mol. The smallest absolute Gasteiger partial charge is 0.167 e. The minimum atomic E-state index is 0.526. The van der Waals surface area contributed by atoms with Gasteiger partial charge >= 0.3 is 0 Å². The maximum Gasteiger partial charge on any atom is 0.167 e. The number of nitrogens with two attached hydrogens (primary N) is 1.